The molecule has 152 valence electrons. The fourth-order valence-corrected chi connectivity index (χ4v) is 6.49. The minimum atomic E-state index is -1.99. The topological polar surface area (TPSA) is 94.8 Å². The van der Waals surface area contributed by atoms with Gasteiger partial charge in [0.15, 0.2) is 11.5 Å². The van der Waals surface area contributed by atoms with Crippen LogP contribution in [0.15, 0.2) is 36.0 Å². The van der Waals surface area contributed by atoms with Gasteiger partial charge in [0.05, 0.1) is 11.7 Å². The fourth-order valence-electron chi connectivity index (χ4n) is 6.49. The monoisotopic (exact) mass is 390 g/mol. The van der Waals surface area contributed by atoms with E-state index >= 15 is 4.39 Å². The lowest BCUT2D eigenvalue weighted by Gasteiger charge is -2.61. The van der Waals surface area contributed by atoms with Crippen LogP contribution in [0.1, 0.15) is 46.0 Å². The van der Waals surface area contributed by atoms with Crippen LogP contribution in [0.4, 0.5) is 4.39 Å². The van der Waals surface area contributed by atoms with E-state index in [4.69, 9.17) is 5.11 Å². The Bertz CT molecular complexity index is 831. The van der Waals surface area contributed by atoms with Crippen LogP contribution >= 0.6 is 0 Å². The molecule has 7 atom stereocenters. The third-order valence-electron chi connectivity index (χ3n) is 8.28. The number of aliphatic carboxylic acids is 1. The third kappa shape index (κ3) is 2.25. The highest BCUT2D eigenvalue weighted by Gasteiger charge is 2.72. The second kappa shape index (κ2) is 5.86. The normalized spacial score (nSPS) is 49.2. The Morgan fingerprint density at radius 3 is 2.71 bits per heavy atom. The highest BCUT2D eigenvalue weighted by molar-refractivity contribution is 6.01. The van der Waals surface area contributed by atoms with Gasteiger partial charge in [-0.15, -0.1) is 0 Å². The summed E-state index contributed by atoms with van der Waals surface area (Å²) in [5.41, 5.74) is -4.59. The van der Waals surface area contributed by atoms with E-state index in [2.05, 4.69) is 0 Å². The van der Waals surface area contributed by atoms with Crippen molar-refractivity contribution in [2.24, 2.45) is 22.7 Å². The van der Waals surface area contributed by atoms with Crippen molar-refractivity contribution in [1.29, 1.82) is 0 Å². The fraction of sp³-hybridized carbons (Fsp3) is 0.636. The van der Waals surface area contributed by atoms with E-state index in [1.54, 1.807) is 25.2 Å². The van der Waals surface area contributed by atoms with Crippen molar-refractivity contribution in [1.82, 2.24) is 0 Å². The summed E-state index contributed by atoms with van der Waals surface area (Å²) >= 11 is 0. The molecule has 0 saturated heterocycles. The van der Waals surface area contributed by atoms with Crippen LogP contribution in [0.2, 0.25) is 0 Å². The number of carbonyl (C=O) groups excluding carboxylic acids is 1. The number of carboxylic acids is 1. The standard InChI is InChI=1S/C22H27FO5/c1-19-8-5-14(24)11-13(19)3-4-16-15-6-9-21(28,10-7-18(26)27)20(15,2)12-17(25)22(16,19)23/h3-5,8,11,15-17,25,28H,6-7,9-10,12H2,1-2H3,(H,26,27)/t15-,16-,17-,19-,20-,21+,22-/m0/s1. The summed E-state index contributed by atoms with van der Waals surface area (Å²) in [6.45, 7) is 3.58. The quantitative estimate of drug-likeness (QED) is 0.689. The maximum atomic E-state index is 16.8. The molecule has 0 heterocycles. The lowest BCUT2D eigenvalue weighted by Crippen LogP contribution is -2.67. The first kappa shape index (κ1) is 19.5. The molecule has 28 heavy (non-hydrogen) atoms. The number of aliphatic hydroxyl groups excluding tert-OH is 1. The van der Waals surface area contributed by atoms with E-state index in [0.29, 0.717) is 18.4 Å². The van der Waals surface area contributed by atoms with Gasteiger partial charge in [0.2, 0.25) is 0 Å². The number of rotatable bonds is 3. The molecule has 0 unspecified atom stereocenters. The molecule has 3 N–H and O–H groups in total. The van der Waals surface area contributed by atoms with Gasteiger partial charge >= 0.3 is 5.97 Å². The highest BCUT2D eigenvalue weighted by atomic mass is 19.1. The maximum absolute atomic E-state index is 16.8. The largest absolute Gasteiger partial charge is 0.481 e. The zero-order valence-electron chi connectivity index (χ0n) is 16.2. The number of carbonyl (C=O) groups is 2. The first-order valence-electron chi connectivity index (χ1n) is 9.93. The van der Waals surface area contributed by atoms with E-state index in [-0.39, 0.29) is 31.0 Å². The Morgan fingerprint density at radius 2 is 2.04 bits per heavy atom. The van der Waals surface area contributed by atoms with Crippen molar-refractivity contribution < 1.29 is 29.3 Å². The minimum Gasteiger partial charge on any atom is -0.481 e. The summed E-state index contributed by atoms with van der Waals surface area (Å²) in [6, 6.07) is 0. The van der Waals surface area contributed by atoms with Crippen LogP contribution in [-0.2, 0) is 9.59 Å². The summed E-state index contributed by atoms with van der Waals surface area (Å²) in [5.74, 6) is -2.02. The average molecular weight is 390 g/mol. The minimum absolute atomic E-state index is 0.0548. The van der Waals surface area contributed by atoms with Crippen molar-refractivity contribution in [3.8, 4) is 0 Å². The number of halogens is 1. The Labute approximate surface area is 163 Å². The number of hydrogen-bond donors (Lipinski definition) is 3. The van der Waals surface area contributed by atoms with Crippen molar-refractivity contribution in [3.63, 3.8) is 0 Å². The molecule has 2 saturated carbocycles. The smallest absolute Gasteiger partial charge is 0.303 e. The zero-order chi connectivity index (χ0) is 20.5. The molecular weight excluding hydrogens is 363 g/mol. The molecule has 0 aromatic heterocycles. The van der Waals surface area contributed by atoms with Gasteiger partial charge in [-0.25, -0.2) is 4.39 Å². The number of alkyl halides is 1. The van der Waals surface area contributed by atoms with Crippen molar-refractivity contribution >= 4 is 11.8 Å². The molecule has 2 fully saturated rings. The number of fused-ring (bicyclic) bond motifs is 5. The molecule has 0 aromatic rings. The molecular formula is C22H27FO5. The maximum Gasteiger partial charge on any atom is 0.303 e. The third-order valence-corrected chi connectivity index (χ3v) is 8.28. The van der Waals surface area contributed by atoms with E-state index in [1.807, 2.05) is 6.92 Å². The molecule has 0 aliphatic heterocycles. The highest BCUT2D eigenvalue weighted by Crippen LogP contribution is 2.68. The van der Waals surface area contributed by atoms with Crippen LogP contribution in [0.25, 0.3) is 0 Å². The van der Waals surface area contributed by atoms with Crippen LogP contribution in [0.3, 0.4) is 0 Å². The number of allylic oxidation sites excluding steroid dienone is 6. The molecule has 5 nitrogen and oxygen atoms in total. The summed E-state index contributed by atoms with van der Waals surface area (Å²) in [6.07, 6.45) is 7.47. The number of hydrogen-bond acceptors (Lipinski definition) is 4. The van der Waals surface area contributed by atoms with Crippen molar-refractivity contribution in [2.75, 3.05) is 0 Å². The van der Waals surface area contributed by atoms with Crippen molar-refractivity contribution in [2.45, 2.75) is 63.3 Å². The van der Waals surface area contributed by atoms with Crippen molar-refractivity contribution in [3.05, 3.63) is 36.0 Å². The van der Waals surface area contributed by atoms with E-state index in [0.717, 1.165) is 0 Å². The predicted octanol–water partition coefficient (Wildman–Crippen LogP) is 2.73. The predicted molar refractivity (Wildman–Crippen MR) is 100 cm³/mol. The number of aliphatic hydroxyl groups is 2. The second-order valence-corrected chi connectivity index (χ2v) is 9.40. The molecule has 0 bridgehead atoms. The van der Waals surface area contributed by atoms with Gasteiger partial charge in [-0.1, -0.05) is 25.2 Å². The van der Waals surface area contributed by atoms with Gasteiger partial charge in [0.1, 0.15) is 0 Å². The van der Waals surface area contributed by atoms with E-state index < -0.39 is 40.1 Å². The molecule has 6 heteroatoms. The van der Waals surface area contributed by atoms with Crippen LogP contribution in [0.5, 0.6) is 0 Å². The van der Waals surface area contributed by atoms with Crippen LogP contribution in [-0.4, -0.2) is 44.4 Å². The van der Waals surface area contributed by atoms with E-state index in [1.165, 1.54) is 12.2 Å². The molecule has 4 rings (SSSR count). The molecule has 4 aliphatic rings. The van der Waals surface area contributed by atoms with Gasteiger partial charge in [-0.05, 0) is 56.3 Å². The van der Waals surface area contributed by atoms with Gasteiger partial charge in [-0.2, -0.15) is 0 Å². The van der Waals surface area contributed by atoms with Gasteiger partial charge in [0, 0.05) is 23.2 Å². The van der Waals surface area contributed by atoms with Gasteiger partial charge in [0.25, 0.3) is 0 Å². The number of ketones is 1. The zero-order valence-corrected chi connectivity index (χ0v) is 16.2. The van der Waals surface area contributed by atoms with Gasteiger partial charge < -0.3 is 15.3 Å². The van der Waals surface area contributed by atoms with Crippen LogP contribution < -0.4 is 0 Å². The van der Waals surface area contributed by atoms with Gasteiger partial charge in [-0.3, -0.25) is 9.59 Å². The summed E-state index contributed by atoms with van der Waals surface area (Å²) < 4.78 is 16.8. The Hall–Kier alpha value is -1.79. The summed E-state index contributed by atoms with van der Waals surface area (Å²) in [7, 11) is 0. The lowest BCUT2D eigenvalue weighted by molar-refractivity contribution is -0.201. The van der Waals surface area contributed by atoms with Crippen LogP contribution in [0, 0.1) is 22.7 Å². The SMILES string of the molecule is C[C@]12C=CC(=O)C=C1C=C[C@H]1[C@@H]3CC[C@@](O)(CCC(=O)O)[C@@]3(C)C[C@H](O)[C@@]12F. The Morgan fingerprint density at radius 1 is 1.32 bits per heavy atom. The average Bonchev–Trinajstić information content (AvgIpc) is 2.87. The molecule has 0 spiro atoms. The summed E-state index contributed by atoms with van der Waals surface area (Å²) in [5, 5.41) is 31.5. The Balaban J connectivity index is 1.78. The summed E-state index contributed by atoms with van der Waals surface area (Å²) in [4.78, 5) is 22.8. The molecule has 0 aromatic carbocycles. The Kier molecular flexibility index (Phi) is 4.09. The second-order valence-electron chi connectivity index (χ2n) is 9.40. The molecule has 0 amide bonds. The van der Waals surface area contributed by atoms with E-state index in [9.17, 15) is 19.8 Å². The first-order chi connectivity index (χ1) is 13.0. The number of carboxylic acid groups (broad SMARTS) is 1. The lowest BCUT2D eigenvalue weighted by atomic mass is 9.46. The molecule has 0 radical (unpaired) electrons. The first-order valence-corrected chi connectivity index (χ1v) is 9.93. The molecule has 4 aliphatic carbocycles.